The molecule has 0 spiro atoms. The van der Waals surface area contributed by atoms with Gasteiger partial charge in [0.2, 0.25) is 0 Å². The summed E-state index contributed by atoms with van der Waals surface area (Å²) in [6.45, 7) is -1.45. The van der Waals surface area contributed by atoms with Gasteiger partial charge >= 0.3 is 28.7 Å². The molecule has 0 aromatic rings. The molecule has 0 atom stereocenters. The van der Waals surface area contributed by atoms with Crippen molar-refractivity contribution in [1.82, 2.24) is 9.80 Å². The maximum atomic E-state index is 10.6. The van der Waals surface area contributed by atoms with Crippen LogP contribution in [0, 0.1) is 0 Å². The van der Waals surface area contributed by atoms with Crippen molar-refractivity contribution in [3.05, 3.63) is 0 Å². The predicted molar refractivity (Wildman–Crippen MR) is 82.7 cm³/mol. The van der Waals surface area contributed by atoms with Gasteiger partial charge in [0.25, 0.3) is 0 Å². The summed E-state index contributed by atoms with van der Waals surface area (Å²) in [6, 6.07) is 0. The summed E-state index contributed by atoms with van der Waals surface area (Å²) >= 11 is 0. The van der Waals surface area contributed by atoms with Crippen LogP contribution in [0.25, 0.3) is 0 Å². The van der Waals surface area contributed by atoms with Crippen molar-refractivity contribution in [3.8, 4) is 0 Å². The van der Waals surface area contributed by atoms with Gasteiger partial charge in [0, 0.05) is 60.3 Å². The number of carboxylic acids is 2. The zero-order valence-electron chi connectivity index (χ0n) is 14.4. The van der Waals surface area contributed by atoms with Crippen LogP contribution >= 0.6 is 0 Å². The van der Waals surface area contributed by atoms with Crippen molar-refractivity contribution < 1.29 is 119 Å². The van der Waals surface area contributed by atoms with Gasteiger partial charge in [0.05, 0.1) is 13.1 Å². The molecular weight excluding hydrogens is 525 g/mol. The molecule has 0 rings (SSSR count). The van der Waals surface area contributed by atoms with Crippen LogP contribution in [0.2, 0.25) is 0 Å². The first-order valence-electron chi connectivity index (χ1n) is 5.81. The molecule has 0 aromatic carbocycles. The third kappa shape index (κ3) is 36.9. The largest absolute Gasteiger partial charge is 2.00 e. The summed E-state index contributed by atoms with van der Waals surface area (Å²) in [7, 11) is 0. The fourth-order valence-corrected chi connectivity index (χ4v) is 1.60. The molecule has 16 N–H and O–H groups in total. The second kappa shape index (κ2) is 31.7. The van der Waals surface area contributed by atoms with E-state index < -0.39 is 37.6 Å². The van der Waals surface area contributed by atoms with Crippen molar-refractivity contribution in [2.45, 2.75) is 12.6 Å². The van der Waals surface area contributed by atoms with E-state index in [1.807, 2.05) is 0 Å². The van der Waals surface area contributed by atoms with Crippen molar-refractivity contribution >= 4 is 11.9 Å². The van der Waals surface area contributed by atoms with E-state index in [4.69, 9.17) is 30.6 Å². The van der Waals surface area contributed by atoms with E-state index >= 15 is 0 Å². The normalized spacial score (nSPS) is 8.43. The van der Waals surface area contributed by atoms with E-state index in [9.17, 15) is 9.59 Å². The van der Waals surface area contributed by atoms with E-state index in [1.54, 1.807) is 0 Å². The number of carbonyl (C=O) groups is 2. The number of aliphatic hydroxyl groups excluding tert-OH is 2. The molecule has 0 saturated carbocycles. The quantitative estimate of drug-likeness (QED) is 0.103. The third-order valence-electron chi connectivity index (χ3n) is 2.29. The minimum absolute atomic E-state index is 0. The molecule has 0 heterocycles. The Kier molecular flexibility index (Phi) is 64.1. The molecule has 28 heavy (non-hydrogen) atoms. The van der Waals surface area contributed by atoms with Gasteiger partial charge in [-0.15, -0.1) is 0 Å². The molecule has 0 fully saturated rings. The maximum absolute atomic E-state index is 10.6. The Bertz CT molecular complexity index is 302. The molecular formula is C10H30CoMn2N2O13+2. The maximum Gasteiger partial charge on any atom is 2.00 e. The fraction of sp³-hybridized carbons (Fsp3) is 0.800. The number of aliphatic carboxylic acids is 2. The molecule has 3 radical (unpaired) electrons. The van der Waals surface area contributed by atoms with Crippen molar-refractivity contribution in [2.75, 3.05) is 39.3 Å². The van der Waals surface area contributed by atoms with Gasteiger partial charge in [-0.3, -0.25) is 19.4 Å². The topological polar surface area (TPSA) is 320 Å². The Morgan fingerprint density at radius 1 is 0.643 bits per heavy atom. The van der Waals surface area contributed by atoms with Gasteiger partial charge in [0.15, 0.2) is 12.6 Å². The van der Waals surface area contributed by atoms with Crippen LogP contribution < -0.4 is 0 Å². The monoisotopic (exact) mass is 555 g/mol. The van der Waals surface area contributed by atoms with Gasteiger partial charge in [0.1, 0.15) is 0 Å². The molecule has 0 aliphatic heterocycles. The van der Waals surface area contributed by atoms with E-state index in [-0.39, 0.29) is 104 Å². The standard InChI is InChI=1S/C10H20N2O8.Co.2Mn.5H2O/c13-7(14)3-11(4-8(15)16)1-2-12(5-9(17)18)6-10(19)20;;;;;;;;/h7,9,13-14,17-18H,1-6H2,(H,15,16)(H,19,20);;;;5*1H2/q;+2;;;;;;;. The van der Waals surface area contributed by atoms with E-state index in [0.717, 1.165) is 0 Å². The summed E-state index contributed by atoms with van der Waals surface area (Å²) in [5, 5.41) is 52.6. The van der Waals surface area contributed by atoms with Crippen LogP contribution in [0.1, 0.15) is 0 Å². The van der Waals surface area contributed by atoms with Gasteiger partial charge in [-0.1, -0.05) is 0 Å². The Hall–Kier alpha value is 0.0455. The molecule has 0 saturated heterocycles. The second-order valence-corrected chi connectivity index (χ2v) is 4.22. The van der Waals surface area contributed by atoms with Gasteiger partial charge in [-0.25, -0.2) is 0 Å². The Morgan fingerprint density at radius 3 is 1.00 bits per heavy atom. The fourth-order valence-electron chi connectivity index (χ4n) is 1.60. The summed E-state index contributed by atoms with van der Waals surface area (Å²) in [4.78, 5) is 23.6. The van der Waals surface area contributed by atoms with Crippen molar-refractivity contribution in [2.24, 2.45) is 0 Å². The Labute approximate surface area is 192 Å². The molecule has 0 aromatic heterocycles. The first-order chi connectivity index (χ1) is 9.20. The molecule has 0 aliphatic carbocycles. The molecule has 0 bridgehead atoms. The molecule has 0 aliphatic rings. The van der Waals surface area contributed by atoms with Crippen molar-refractivity contribution in [3.63, 3.8) is 0 Å². The summed E-state index contributed by atoms with van der Waals surface area (Å²) in [5.74, 6) is -2.34. The SMILES string of the molecule is O.O.O.O.O.O=C(O)CN(CCN(CC(=O)O)CC(O)O)CC(O)O.[Co+2].[Mn].[Mn]. The minimum Gasteiger partial charge on any atom is -0.480 e. The number of hydrogen-bond acceptors (Lipinski definition) is 8. The second-order valence-electron chi connectivity index (χ2n) is 4.22. The van der Waals surface area contributed by atoms with Gasteiger partial charge in [-0.05, 0) is 0 Å². The average molecular weight is 555 g/mol. The van der Waals surface area contributed by atoms with Crippen LogP contribution in [0.3, 0.4) is 0 Å². The molecule has 0 amide bonds. The Balaban J connectivity index is -0.0000000645. The summed E-state index contributed by atoms with van der Waals surface area (Å²) < 4.78 is 0. The molecule has 15 nitrogen and oxygen atoms in total. The summed E-state index contributed by atoms with van der Waals surface area (Å²) in [5.41, 5.74) is 0. The van der Waals surface area contributed by atoms with E-state index in [2.05, 4.69) is 0 Å². The number of rotatable bonds is 11. The molecule has 0 unspecified atom stereocenters. The van der Waals surface area contributed by atoms with Crippen molar-refractivity contribution in [1.29, 1.82) is 0 Å². The average Bonchev–Trinajstić information content (AvgIpc) is 2.22. The van der Waals surface area contributed by atoms with Crippen LogP contribution in [0.5, 0.6) is 0 Å². The van der Waals surface area contributed by atoms with Gasteiger partial charge in [-0.2, -0.15) is 0 Å². The minimum atomic E-state index is -1.72. The zero-order valence-corrected chi connectivity index (χ0v) is 17.8. The molecule has 179 valence electrons. The predicted octanol–water partition coefficient (Wildman–Crippen LogP) is -7.75. The Morgan fingerprint density at radius 2 is 0.857 bits per heavy atom. The smallest absolute Gasteiger partial charge is 0.480 e. The molecule has 18 heteroatoms. The third-order valence-corrected chi connectivity index (χ3v) is 2.29. The zero-order chi connectivity index (χ0) is 15.7. The first kappa shape index (κ1) is 56.6. The number of carboxylic acid groups (broad SMARTS) is 2. The van der Waals surface area contributed by atoms with Crippen LogP contribution in [-0.4, -0.2) is 132 Å². The van der Waals surface area contributed by atoms with Gasteiger partial charge < -0.3 is 58.0 Å². The van der Waals surface area contributed by atoms with Crippen LogP contribution in [0.4, 0.5) is 0 Å². The number of nitrogens with zero attached hydrogens (tertiary/aromatic N) is 2. The van der Waals surface area contributed by atoms with E-state index in [1.165, 1.54) is 9.80 Å². The summed E-state index contributed by atoms with van der Waals surface area (Å²) in [6.07, 6.45) is -3.43. The first-order valence-corrected chi connectivity index (χ1v) is 5.81. The number of aliphatic hydroxyl groups is 4. The van der Waals surface area contributed by atoms with E-state index in [0.29, 0.717) is 0 Å². The van der Waals surface area contributed by atoms with Crippen LogP contribution in [0.15, 0.2) is 0 Å². The number of hydrogen-bond donors (Lipinski definition) is 6. The van der Waals surface area contributed by atoms with Crippen LogP contribution in [-0.2, 0) is 60.5 Å².